The van der Waals surface area contributed by atoms with Crippen LogP contribution in [0.5, 0.6) is 0 Å². The SMILES string of the molecule is CNC(C)(CO)CN1CCC2CCC(C1)N2C. The Morgan fingerprint density at radius 3 is 2.65 bits per heavy atom. The van der Waals surface area contributed by atoms with Crippen LogP contribution in [0.3, 0.4) is 0 Å². The number of fused-ring (bicyclic) bond motifs is 2. The van der Waals surface area contributed by atoms with E-state index in [-0.39, 0.29) is 12.1 Å². The van der Waals surface area contributed by atoms with E-state index < -0.39 is 0 Å². The summed E-state index contributed by atoms with van der Waals surface area (Å²) in [5.41, 5.74) is -0.165. The first-order valence-corrected chi connectivity index (χ1v) is 6.82. The van der Waals surface area contributed by atoms with Crippen molar-refractivity contribution in [2.75, 3.05) is 40.3 Å². The molecule has 2 rings (SSSR count). The summed E-state index contributed by atoms with van der Waals surface area (Å²) >= 11 is 0. The van der Waals surface area contributed by atoms with Crippen LogP contribution >= 0.6 is 0 Å². The Bertz CT molecular complexity index is 255. The van der Waals surface area contributed by atoms with Gasteiger partial charge in [-0.2, -0.15) is 0 Å². The molecular weight excluding hydrogens is 214 g/mol. The molecule has 2 N–H and O–H groups in total. The number of aliphatic hydroxyl groups is 1. The van der Waals surface area contributed by atoms with Crippen LogP contribution in [0.15, 0.2) is 0 Å². The smallest absolute Gasteiger partial charge is 0.0623 e. The van der Waals surface area contributed by atoms with Crippen molar-refractivity contribution in [1.82, 2.24) is 15.1 Å². The fourth-order valence-electron chi connectivity index (χ4n) is 3.22. The zero-order chi connectivity index (χ0) is 12.5. The Labute approximate surface area is 105 Å². The average molecular weight is 241 g/mol. The maximum absolute atomic E-state index is 9.47. The Hall–Kier alpha value is -0.160. The molecule has 0 aliphatic carbocycles. The van der Waals surface area contributed by atoms with Gasteiger partial charge in [-0.15, -0.1) is 0 Å². The minimum atomic E-state index is -0.165. The number of likely N-dealkylation sites (tertiary alicyclic amines) is 1. The number of rotatable bonds is 4. The van der Waals surface area contributed by atoms with Crippen LogP contribution in [0.2, 0.25) is 0 Å². The predicted octanol–water partition coefficient (Wildman–Crippen LogP) is 0.125. The lowest BCUT2D eigenvalue weighted by Gasteiger charge is -2.35. The van der Waals surface area contributed by atoms with Crippen molar-refractivity contribution in [1.29, 1.82) is 0 Å². The highest BCUT2D eigenvalue weighted by atomic mass is 16.3. The van der Waals surface area contributed by atoms with Crippen LogP contribution in [-0.4, -0.2) is 72.9 Å². The molecule has 2 fully saturated rings. The van der Waals surface area contributed by atoms with Gasteiger partial charge in [-0.25, -0.2) is 0 Å². The van der Waals surface area contributed by atoms with Gasteiger partial charge >= 0.3 is 0 Å². The van der Waals surface area contributed by atoms with Crippen molar-refractivity contribution in [3.8, 4) is 0 Å². The number of hydrogen-bond acceptors (Lipinski definition) is 4. The third kappa shape index (κ3) is 2.81. The second-order valence-electron chi connectivity index (χ2n) is 6.04. The van der Waals surface area contributed by atoms with Gasteiger partial charge in [-0.3, -0.25) is 9.80 Å². The first-order chi connectivity index (χ1) is 8.08. The summed E-state index contributed by atoms with van der Waals surface area (Å²) in [6.45, 7) is 5.56. The number of hydrogen-bond donors (Lipinski definition) is 2. The molecule has 2 aliphatic rings. The van der Waals surface area contributed by atoms with Gasteiger partial charge in [0.15, 0.2) is 0 Å². The van der Waals surface area contributed by atoms with E-state index in [2.05, 4.69) is 29.1 Å². The highest BCUT2D eigenvalue weighted by Gasteiger charge is 2.36. The largest absolute Gasteiger partial charge is 0.394 e. The maximum atomic E-state index is 9.47. The van der Waals surface area contributed by atoms with Gasteiger partial charge in [0, 0.05) is 25.2 Å². The van der Waals surface area contributed by atoms with Crippen LogP contribution in [0.1, 0.15) is 26.2 Å². The van der Waals surface area contributed by atoms with Crippen LogP contribution in [0.4, 0.5) is 0 Å². The van der Waals surface area contributed by atoms with Crippen LogP contribution < -0.4 is 5.32 Å². The van der Waals surface area contributed by atoms with Gasteiger partial charge in [0.1, 0.15) is 0 Å². The van der Waals surface area contributed by atoms with E-state index in [1.54, 1.807) is 0 Å². The van der Waals surface area contributed by atoms with Crippen molar-refractivity contribution in [3.63, 3.8) is 0 Å². The molecule has 4 nitrogen and oxygen atoms in total. The fourth-order valence-corrected chi connectivity index (χ4v) is 3.22. The molecule has 0 amide bonds. The lowest BCUT2D eigenvalue weighted by molar-refractivity contribution is 0.119. The summed E-state index contributed by atoms with van der Waals surface area (Å²) < 4.78 is 0. The van der Waals surface area contributed by atoms with E-state index in [9.17, 15) is 5.11 Å². The topological polar surface area (TPSA) is 38.7 Å². The van der Waals surface area contributed by atoms with Crippen molar-refractivity contribution >= 4 is 0 Å². The van der Waals surface area contributed by atoms with Crippen molar-refractivity contribution in [2.24, 2.45) is 0 Å². The molecule has 3 atom stereocenters. The van der Waals surface area contributed by atoms with Gasteiger partial charge in [0.25, 0.3) is 0 Å². The minimum absolute atomic E-state index is 0.165. The third-order valence-electron chi connectivity index (χ3n) is 4.76. The minimum Gasteiger partial charge on any atom is -0.394 e. The number of likely N-dealkylation sites (N-methyl/N-ethyl adjacent to an activating group) is 2. The molecule has 0 saturated carbocycles. The molecule has 2 aliphatic heterocycles. The standard InChI is InChI=1S/C13H27N3O/c1-13(10-17,14-2)9-16-7-6-11-4-5-12(8-16)15(11)3/h11-12,14,17H,4-10H2,1-3H3. The van der Waals surface area contributed by atoms with Gasteiger partial charge in [0.2, 0.25) is 0 Å². The molecule has 0 aromatic rings. The summed E-state index contributed by atoms with van der Waals surface area (Å²) in [5.74, 6) is 0. The highest BCUT2D eigenvalue weighted by Crippen LogP contribution is 2.28. The molecule has 3 unspecified atom stereocenters. The average Bonchev–Trinajstić information content (AvgIpc) is 2.57. The first kappa shape index (κ1) is 13.3. The molecule has 0 spiro atoms. The van der Waals surface area contributed by atoms with E-state index in [1.807, 2.05) is 7.05 Å². The van der Waals surface area contributed by atoms with Gasteiger partial charge < -0.3 is 10.4 Å². The van der Waals surface area contributed by atoms with E-state index in [4.69, 9.17) is 0 Å². The molecule has 4 heteroatoms. The summed E-state index contributed by atoms with van der Waals surface area (Å²) in [4.78, 5) is 5.09. The Morgan fingerprint density at radius 2 is 2.00 bits per heavy atom. The molecule has 2 bridgehead atoms. The highest BCUT2D eigenvalue weighted by molar-refractivity contribution is 4.93. The molecule has 2 heterocycles. The van der Waals surface area contributed by atoms with Crippen molar-refractivity contribution in [2.45, 2.75) is 43.8 Å². The monoisotopic (exact) mass is 241 g/mol. The quantitative estimate of drug-likeness (QED) is 0.734. The van der Waals surface area contributed by atoms with Crippen molar-refractivity contribution < 1.29 is 5.11 Å². The summed E-state index contributed by atoms with van der Waals surface area (Å²) in [7, 11) is 4.21. The van der Waals surface area contributed by atoms with Gasteiger partial charge in [-0.1, -0.05) is 0 Å². The summed E-state index contributed by atoms with van der Waals surface area (Å²) in [6, 6.07) is 1.52. The molecule has 2 saturated heterocycles. The number of aliphatic hydroxyl groups excluding tert-OH is 1. The van der Waals surface area contributed by atoms with E-state index >= 15 is 0 Å². The second-order valence-corrected chi connectivity index (χ2v) is 6.04. The zero-order valence-electron chi connectivity index (χ0n) is 11.4. The fraction of sp³-hybridized carbons (Fsp3) is 1.00. The third-order valence-corrected chi connectivity index (χ3v) is 4.76. The normalized spacial score (nSPS) is 34.6. The zero-order valence-corrected chi connectivity index (χ0v) is 11.4. The van der Waals surface area contributed by atoms with E-state index in [1.165, 1.54) is 25.8 Å². The molecule has 0 aromatic carbocycles. The maximum Gasteiger partial charge on any atom is 0.0623 e. The molecular formula is C13H27N3O. The Balaban J connectivity index is 1.95. The Morgan fingerprint density at radius 1 is 1.29 bits per heavy atom. The van der Waals surface area contributed by atoms with E-state index in [0.717, 1.165) is 25.2 Å². The van der Waals surface area contributed by atoms with Crippen LogP contribution in [-0.2, 0) is 0 Å². The second kappa shape index (κ2) is 5.22. The van der Waals surface area contributed by atoms with Crippen LogP contribution in [0, 0.1) is 0 Å². The van der Waals surface area contributed by atoms with Crippen molar-refractivity contribution in [3.05, 3.63) is 0 Å². The lowest BCUT2D eigenvalue weighted by atomic mass is 10.0. The summed E-state index contributed by atoms with van der Waals surface area (Å²) in [6.07, 6.45) is 3.99. The van der Waals surface area contributed by atoms with Crippen LogP contribution in [0.25, 0.3) is 0 Å². The Kier molecular flexibility index (Phi) is 4.08. The van der Waals surface area contributed by atoms with Gasteiger partial charge in [0.05, 0.1) is 12.1 Å². The molecule has 17 heavy (non-hydrogen) atoms. The van der Waals surface area contributed by atoms with E-state index in [0.29, 0.717) is 0 Å². The number of nitrogens with one attached hydrogen (secondary N) is 1. The lowest BCUT2D eigenvalue weighted by Crippen LogP contribution is -2.53. The molecule has 100 valence electrons. The van der Waals surface area contributed by atoms with Gasteiger partial charge in [-0.05, 0) is 46.8 Å². The predicted molar refractivity (Wildman–Crippen MR) is 70.2 cm³/mol. The molecule has 0 radical (unpaired) electrons. The molecule has 0 aromatic heterocycles. The first-order valence-electron chi connectivity index (χ1n) is 6.82. The number of nitrogens with zero attached hydrogens (tertiary/aromatic N) is 2. The summed E-state index contributed by atoms with van der Waals surface area (Å²) in [5, 5.41) is 12.7.